The Morgan fingerprint density at radius 1 is 1.47 bits per heavy atom. The van der Waals surface area contributed by atoms with Gasteiger partial charge in [-0.3, -0.25) is 4.98 Å². The fourth-order valence-corrected chi connectivity index (χ4v) is 2.71. The molecule has 15 heavy (non-hydrogen) atoms. The monoisotopic (exact) mass is 283 g/mol. The number of aliphatic hydroxyl groups excluding tert-OH is 1. The lowest BCUT2D eigenvalue weighted by Gasteiger charge is -2.10. The maximum absolute atomic E-state index is 10.1. The third-order valence-corrected chi connectivity index (χ3v) is 3.70. The highest BCUT2D eigenvalue weighted by Gasteiger charge is 2.14. The van der Waals surface area contributed by atoms with Gasteiger partial charge in [-0.1, -0.05) is 0 Å². The highest BCUT2D eigenvalue weighted by atomic mass is 79.9. The van der Waals surface area contributed by atoms with Gasteiger partial charge in [0.2, 0.25) is 0 Å². The Hall–Kier alpha value is -0.710. The van der Waals surface area contributed by atoms with Crippen LogP contribution in [0.4, 0.5) is 0 Å². The molecule has 0 spiro atoms. The summed E-state index contributed by atoms with van der Waals surface area (Å²) < 4.78 is 0.883. The fraction of sp³-hybridized carbons (Fsp3) is 0.182. The van der Waals surface area contributed by atoms with Crippen molar-refractivity contribution >= 4 is 27.3 Å². The normalized spacial score (nSPS) is 12.7. The van der Waals surface area contributed by atoms with Gasteiger partial charge in [0, 0.05) is 27.3 Å². The fourth-order valence-electron chi connectivity index (χ4n) is 1.39. The van der Waals surface area contributed by atoms with Gasteiger partial charge in [0.1, 0.15) is 6.10 Å². The Balaban J connectivity index is 2.36. The van der Waals surface area contributed by atoms with Gasteiger partial charge in [-0.05, 0) is 45.9 Å². The molecule has 78 valence electrons. The molecule has 1 unspecified atom stereocenters. The lowest BCUT2D eigenvalue weighted by atomic mass is 10.1. The lowest BCUT2D eigenvalue weighted by molar-refractivity contribution is 0.223. The second-order valence-electron chi connectivity index (χ2n) is 3.31. The van der Waals surface area contributed by atoms with Crippen molar-refractivity contribution in [2.45, 2.75) is 13.0 Å². The van der Waals surface area contributed by atoms with Crippen molar-refractivity contribution in [3.63, 3.8) is 0 Å². The van der Waals surface area contributed by atoms with Gasteiger partial charge in [-0.2, -0.15) is 0 Å². The molecule has 2 aromatic heterocycles. The molecule has 0 aliphatic rings. The van der Waals surface area contributed by atoms with E-state index in [9.17, 15) is 5.11 Å². The number of hydrogen-bond acceptors (Lipinski definition) is 3. The zero-order chi connectivity index (χ0) is 10.8. The lowest BCUT2D eigenvalue weighted by Crippen LogP contribution is -1.99. The van der Waals surface area contributed by atoms with Crippen molar-refractivity contribution in [2.24, 2.45) is 0 Å². The number of aliphatic hydroxyl groups is 1. The first kappa shape index (κ1) is 10.8. The molecule has 2 aromatic rings. The van der Waals surface area contributed by atoms with Gasteiger partial charge in [0.05, 0.1) is 0 Å². The maximum atomic E-state index is 10.1. The van der Waals surface area contributed by atoms with E-state index in [2.05, 4.69) is 20.9 Å². The number of thiophene rings is 1. The molecule has 0 radical (unpaired) electrons. The molecule has 0 saturated carbocycles. The van der Waals surface area contributed by atoms with Crippen LogP contribution < -0.4 is 0 Å². The highest BCUT2D eigenvalue weighted by molar-refractivity contribution is 9.10. The minimum absolute atomic E-state index is 0.574. The Bertz CT molecular complexity index is 469. The van der Waals surface area contributed by atoms with E-state index in [4.69, 9.17) is 0 Å². The van der Waals surface area contributed by atoms with Crippen LogP contribution >= 0.6 is 27.3 Å². The molecule has 0 aliphatic heterocycles. The van der Waals surface area contributed by atoms with Gasteiger partial charge in [-0.15, -0.1) is 11.3 Å². The molecule has 0 amide bonds. The largest absolute Gasteiger partial charge is 0.383 e. The maximum Gasteiger partial charge on any atom is 0.115 e. The number of pyridine rings is 1. The molecule has 0 saturated heterocycles. The zero-order valence-electron chi connectivity index (χ0n) is 8.14. The Morgan fingerprint density at radius 3 is 2.87 bits per heavy atom. The minimum Gasteiger partial charge on any atom is -0.383 e. The SMILES string of the molecule is Cc1ccsc1C(O)c1cncc(Br)c1. The molecule has 0 aliphatic carbocycles. The van der Waals surface area contributed by atoms with Crippen LogP contribution in [0, 0.1) is 6.92 Å². The zero-order valence-corrected chi connectivity index (χ0v) is 10.5. The quantitative estimate of drug-likeness (QED) is 0.918. The molecule has 1 atom stereocenters. The van der Waals surface area contributed by atoms with E-state index in [0.717, 1.165) is 20.5 Å². The van der Waals surface area contributed by atoms with Crippen LogP contribution in [-0.4, -0.2) is 10.1 Å². The Labute approximate surface area is 101 Å². The smallest absolute Gasteiger partial charge is 0.115 e. The molecular formula is C11H10BrNOS. The van der Waals surface area contributed by atoms with Crippen LogP contribution in [0.25, 0.3) is 0 Å². The summed E-state index contributed by atoms with van der Waals surface area (Å²) in [5.41, 5.74) is 1.93. The summed E-state index contributed by atoms with van der Waals surface area (Å²) in [6, 6.07) is 3.89. The average molecular weight is 284 g/mol. The molecule has 0 bridgehead atoms. The van der Waals surface area contributed by atoms with Crippen molar-refractivity contribution in [1.82, 2.24) is 4.98 Å². The number of rotatable bonds is 2. The van der Waals surface area contributed by atoms with E-state index in [1.165, 1.54) is 0 Å². The van der Waals surface area contributed by atoms with Crippen molar-refractivity contribution in [1.29, 1.82) is 0 Å². The van der Waals surface area contributed by atoms with Crippen LogP contribution in [0.15, 0.2) is 34.4 Å². The number of hydrogen-bond donors (Lipinski definition) is 1. The standard InChI is InChI=1S/C11H10BrNOS/c1-7-2-3-15-11(7)10(14)8-4-9(12)6-13-5-8/h2-6,10,14H,1H3. The predicted octanol–water partition coefficient (Wildman–Crippen LogP) is 3.30. The Kier molecular flexibility index (Phi) is 3.19. The summed E-state index contributed by atoms with van der Waals surface area (Å²) in [5.74, 6) is 0. The molecule has 2 nitrogen and oxygen atoms in total. The van der Waals surface area contributed by atoms with E-state index < -0.39 is 6.10 Å². The molecule has 2 rings (SSSR count). The number of aryl methyl sites for hydroxylation is 1. The highest BCUT2D eigenvalue weighted by Crippen LogP contribution is 2.29. The van der Waals surface area contributed by atoms with Crippen LogP contribution in [-0.2, 0) is 0 Å². The Morgan fingerprint density at radius 2 is 2.27 bits per heavy atom. The topological polar surface area (TPSA) is 33.1 Å². The molecule has 2 heterocycles. The molecule has 0 fully saturated rings. The molecule has 1 N–H and O–H groups in total. The third kappa shape index (κ3) is 2.27. The van der Waals surface area contributed by atoms with Crippen molar-refractivity contribution in [3.05, 3.63) is 50.4 Å². The van der Waals surface area contributed by atoms with E-state index in [-0.39, 0.29) is 0 Å². The summed E-state index contributed by atoms with van der Waals surface area (Å²) >= 11 is 4.91. The summed E-state index contributed by atoms with van der Waals surface area (Å²) in [5, 5.41) is 12.1. The van der Waals surface area contributed by atoms with Crippen LogP contribution in [0.2, 0.25) is 0 Å². The molecule has 0 aromatic carbocycles. The van der Waals surface area contributed by atoms with Gasteiger partial charge in [0.25, 0.3) is 0 Å². The van der Waals surface area contributed by atoms with Gasteiger partial charge in [-0.25, -0.2) is 0 Å². The number of aromatic nitrogens is 1. The third-order valence-electron chi connectivity index (χ3n) is 2.19. The first-order valence-corrected chi connectivity index (χ1v) is 6.18. The van der Waals surface area contributed by atoms with Crippen LogP contribution in [0.1, 0.15) is 22.1 Å². The summed E-state index contributed by atoms with van der Waals surface area (Å²) in [6.45, 7) is 2.00. The summed E-state index contributed by atoms with van der Waals surface area (Å²) in [7, 11) is 0. The van der Waals surface area contributed by atoms with E-state index in [1.807, 2.05) is 24.4 Å². The first-order valence-electron chi connectivity index (χ1n) is 4.51. The molecule has 4 heteroatoms. The second-order valence-corrected chi connectivity index (χ2v) is 5.17. The van der Waals surface area contributed by atoms with Crippen LogP contribution in [0.5, 0.6) is 0 Å². The van der Waals surface area contributed by atoms with Gasteiger partial charge in [0.15, 0.2) is 0 Å². The minimum atomic E-state index is -0.574. The second kappa shape index (κ2) is 4.43. The van der Waals surface area contributed by atoms with Gasteiger partial charge < -0.3 is 5.11 Å². The van der Waals surface area contributed by atoms with E-state index in [1.54, 1.807) is 23.7 Å². The van der Waals surface area contributed by atoms with Crippen molar-refractivity contribution in [2.75, 3.05) is 0 Å². The van der Waals surface area contributed by atoms with Crippen LogP contribution in [0.3, 0.4) is 0 Å². The predicted molar refractivity (Wildman–Crippen MR) is 65.1 cm³/mol. The van der Waals surface area contributed by atoms with Crippen molar-refractivity contribution < 1.29 is 5.11 Å². The van der Waals surface area contributed by atoms with E-state index >= 15 is 0 Å². The van der Waals surface area contributed by atoms with Gasteiger partial charge >= 0.3 is 0 Å². The van der Waals surface area contributed by atoms with Crippen molar-refractivity contribution in [3.8, 4) is 0 Å². The number of halogens is 1. The first-order chi connectivity index (χ1) is 7.18. The summed E-state index contributed by atoms with van der Waals surface area (Å²) in [4.78, 5) is 5.02. The number of nitrogens with zero attached hydrogens (tertiary/aromatic N) is 1. The average Bonchev–Trinajstić information content (AvgIpc) is 2.63. The van der Waals surface area contributed by atoms with E-state index in [0.29, 0.717) is 0 Å². The molecular weight excluding hydrogens is 274 g/mol. The summed E-state index contributed by atoms with van der Waals surface area (Å²) in [6.07, 6.45) is 2.82.